The van der Waals surface area contributed by atoms with Crippen LogP contribution in [0, 0.1) is 5.92 Å². The molecule has 0 bridgehead atoms. The highest BCUT2D eigenvalue weighted by Gasteiger charge is 2.26. The summed E-state index contributed by atoms with van der Waals surface area (Å²) in [6, 6.07) is 5.81. The Balaban J connectivity index is 2.13. The van der Waals surface area contributed by atoms with Crippen molar-refractivity contribution in [2.45, 2.75) is 31.1 Å². The van der Waals surface area contributed by atoms with Gasteiger partial charge in [0.25, 0.3) is 5.91 Å². The lowest BCUT2D eigenvalue weighted by Crippen LogP contribution is -2.33. The van der Waals surface area contributed by atoms with E-state index in [-0.39, 0.29) is 10.8 Å². The SMILES string of the molecule is CCCN(CC1CC1)C(=O)c1ccc(S(N)(=O)=O)cc1. The fraction of sp³-hybridized carbons (Fsp3) is 0.500. The van der Waals surface area contributed by atoms with Gasteiger partial charge < -0.3 is 4.90 Å². The van der Waals surface area contributed by atoms with Crippen molar-refractivity contribution in [1.29, 1.82) is 0 Å². The van der Waals surface area contributed by atoms with E-state index in [1.54, 1.807) is 0 Å². The molecular weight excluding hydrogens is 276 g/mol. The summed E-state index contributed by atoms with van der Waals surface area (Å²) in [6.07, 6.45) is 3.30. The second-order valence-electron chi connectivity index (χ2n) is 5.26. The zero-order valence-corrected chi connectivity index (χ0v) is 12.4. The molecule has 1 fully saturated rings. The van der Waals surface area contributed by atoms with Crippen molar-refractivity contribution < 1.29 is 13.2 Å². The van der Waals surface area contributed by atoms with E-state index in [9.17, 15) is 13.2 Å². The predicted octanol–water partition coefficient (Wildman–Crippen LogP) is 1.60. The summed E-state index contributed by atoms with van der Waals surface area (Å²) in [6.45, 7) is 3.56. The van der Waals surface area contributed by atoms with Crippen LogP contribution in [0.1, 0.15) is 36.5 Å². The lowest BCUT2D eigenvalue weighted by atomic mass is 10.2. The Morgan fingerprint density at radius 2 is 1.90 bits per heavy atom. The van der Waals surface area contributed by atoms with E-state index in [4.69, 9.17) is 5.14 Å². The van der Waals surface area contributed by atoms with Crippen LogP contribution in [0.5, 0.6) is 0 Å². The number of nitrogens with zero attached hydrogens (tertiary/aromatic N) is 1. The molecule has 0 heterocycles. The minimum absolute atomic E-state index is 0.0262. The number of hydrogen-bond acceptors (Lipinski definition) is 3. The molecule has 0 radical (unpaired) electrons. The molecule has 0 saturated heterocycles. The molecule has 1 aromatic rings. The summed E-state index contributed by atoms with van der Waals surface area (Å²) in [5.74, 6) is 0.592. The number of sulfonamides is 1. The number of nitrogens with two attached hydrogens (primary N) is 1. The highest BCUT2D eigenvalue weighted by Crippen LogP contribution is 2.30. The Bertz CT molecular complexity index is 577. The van der Waals surface area contributed by atoms with Gasteiger partial charge in [-0.25, -0.2) is 13.6 Å². The fourth-order valence-electron chi connectivity index (χ4n) is 2.13. The average molecular weight is 296 g/mol. The maximum Gasteiger partial charge on any atom is 0.253 e. The second kappa shape index (κ2) is 5.93. The summed E-state index contributed by atoms with van der Waals surface area (Å²) >= 11 is 0. The number of carbonyl (C=O) groups excluding carboxylic acids is 1. The van der Waals surface area contributed by atoms with Crippen LogP contribution < -0.4 is 5.14 Å². The lowest BCUT2D eigenvalue weighted by Gasteiger charge is -2.22. The molecule has 20 heavy (non-hydrogen) atoms. The normalized spacial score (nSPS) is 15.1. The standard InChI is InChI=1S/C14H20N2O3S/c1-2-9-16(10-11-3-4-11)14(17)12-5-7-13(8-6-12)20(15,18)19/h5-8,11H,2-4,9-10H2,1H3,(H2,15,18,19). The Hall–Kier alpha value is -1.40. The Morgan fingerprint density at radius 1 is 1.30 bits per heavy atom. The molecular formula is C14H20N2O3S. The number of primary sulfonamides is 1. The van der Waals surface area contributed by atoms with Crippen LogP contribution in [0.2, 0.25) is 0 Å². The molecule has 0 unspecified atom stereocenters. The van der Waals surface area contributed by atoms with E-state index in [0.717, 1.165) is 19.5 Å². The highest BCUT2D eigenvalue weighted by atomic mass is 32.2. The zero-order valence-electron chi connectivity index (χ0n) is 11.6. The van der Waals surface area contributed by atoms with Gasteiger partial charge in [-0.05, 0) is 49.4 Å². The topological polar surface area (TPSA) is 80.5 Å². The molecule has 6 heteroatoms. The average Bonchev–Trinajstić information content (AvgIpc) is 3.20. The molecule has 2 N–H and O–H groups in total. The van der Waals surface area contributed by atoms with E-state index in [2.05, 4.69) is 0 Å². The number of rotatable bonds is 6. The van der Waals surface area contributed by atoms with Gasteiger partial charge in [-0.3, -0.25) is 4.79 Å². The minimum Gasteiger partial charge on any atom is -0.338 e. The molecule has 1 saturated carbocycles. The van der Waals surface area contributed by atoms with Crippen LogP contribution in [-0.2, 0) is 10.0 Å². The molecule has 0 aromatic heterocycles. The van der Waals surface area contributed by atoms with Crippen molar-refractivity contribution in [3.63, 3.8) is 0 Å². The van der Waals surface area contributed by atoms with Crippen molar-refractivity contribution in [3.8, 4) is 0 Å². The zero-order chi connectivity index (χ0) is 14.8. The van der Waals surface area contributed by atoms with Crippen LogP contribution in [0.25, 0.3) is 0 Å². The number of hydrogen-bond donors (Lipinski definition) is 1. The third-order valence-corrected chi connectivity index (χ3v) is 4.32. The van der Waals surface area contributed by atoms with Crippen LogP contribution >= 0.6 is 0 Å². The number of carbonyl (C=O) groups is 1. The first-order valence-corrected chi connectivity index (χ1v) is 8.38. The van der Waals surface area contributed by atoms with Crippen LogP contribution in [0.15, 0.2) is 29.2 Å². The molecule has 1 aliphatic rings. The molecule has 110 valence electrons. The van der Waals surface area contributed by atoms with Crippen LogP contribution in [0.4, 0.5) is 0 Å². The molecule has 0 spiro atoms. The first kappa shape index (κ1) is 15.0. The summed E-state index contributed by atoms with van der Waals surface area (Å²) in [4.78, 5) is 14.3. The molecule has 1 aliphatic carbocycles. The van der Waals surface area contributed by atoms with Gasteiger partial charge in [-0.2, -0.15) is 0 Å². The van der Waals surface area contributed by atoms with E-state index < -0.39 is 10.0 Å². The van der Waals surface area contributed by atoms with Crippen molar-refractivity contribution in [3.05, 3.63) is 29.8 Å². The lowest BCUT2D eigenvalue weighted by molar-refractivity contribution is 0.0747. The van der Waals surface area contributed by atoms with Gasteiger partial charge in [0.2, 0.25) is 10.0 Å². The minimum atomic E-state index is -3.71. The first-order valence-electron chi connectivity index (χ1n) is 6.84. The van der Waals surface area contributed by atoms with E-state index in [1.165, 1.54) is 37.1 Å². The third kappa shape index (κ3) is 3.80. The first-order chi connectivity index (χ1) is 9.41. The number of amides is 1. The summed E-state index contributed by atoms with van der Waals surface area (Å²) < 4.78 is 22.4. The van der Waals surface area contributed by atoms with Crippen molar-refractivity contribution in [1.82, 2.24) is 4.90 Å². The van der Waals surface area contributed by atoms with Gasteiger partial charge in [0.15, 0.2) is 0 Å². The summed E-state index contributed by atoms with van der Waals surface area (Å²) in [5.41, 5.74) is 0.506. The van der Waals surface area contributed by atoms with Gasteiger partial charge >= 0.3 is 0 Å². The third-order valence-electron chi connectivity index (χ3n) is 3.39. The van der Waals surface area contributed by atoms with Crippen molar-refractivity contribution >= 4 is 15.9 Å². The largest absolute Gasteiger partial charge is 0.338 e. The Labute approximate surface area is 119 Å². The van der Waals surface area contributed by atoms with Crippen LogP contribution in [-0.4, -0.2) is 32.3 Å². The summed E-state index contributed by atoms with van der Waals surface area (Å²) in [5, 5.41) is 5.04. The maximum atomic E-state index is 12.4. The molecule has 1 amide bonds. The van der Waals surface area contributed by atoms with Gasteiger partial charge in [0.1, 0.15) is 0 Å². The van der Waals surface area contributed by atoms with Gasteiger partial charge in [0, 0.05) is 18.7 Å². The maximum absolute atomic E-state index is 12.4. The fourth-order valence-corrected chi connectivity index (χ4v) is 2.64. The van der Waals surface area contributed by atoms with Crippen molar-refractivity contribution in [2.24, 2.45) is 11.1 Å². The van der Waals surface area contributed by atoms with E-state index in [1.807, 2.05) is 11.8 Å². The van der Waals surface area contributed by atoms with Gasteiger partial charge in [-0.1, -0.05) is 6.92 Å². The van der Waals surface area contributed by atoms with Crippen LogP contribution in [0.3, 0.4) is 0 Å². The Kier molecular flexibility index (Phi) is 4.45. The second-order valence-corrected chi connectivity index (χ2v) is 6.83. The summed E-state index contributed by atoms with van der Waals surface area (Å²) in [7, 11) is -3.71. The Morgan fingerprint density at radius 3 is 2.35 bits per heavy atom. The smallest absolute Gasteiger partial charge is 0.253 e. The predicted molar refractivity (Wildman–Crippen MR) is 76.7 cm³/mol. The van der Waals surface area contributed by atoms with Gasteiger partial charge in [0.05, 0.1) is 4.90 Å². The molecule has 1 aromatic carbocycles. The van der Waals surface area contributed by atoms with Gasteiger partial charge in [-0.15, -0.1) is 0 Å². The van der Waals surface area contributed by atoms with Crippen molar-refractivity contribution in [2.75, 3.05) is 13.1 Å². The highest BCUT2D eigenvalue weighted by molar-refractivity contribution is 7.89. The molecule has 0 aliphatic heterocycles. The van der Waals surface area contributed by atoms with E-state index >= 15 is 0 Å². The quantitative estimate of drug-likeness (QED) is 0.865. The molecule has 5 nitrogen and oxygen atoms in total. The number of benzene rings is 1. The van der Waals surface area contributed by atoms with E-state index in [0.29, 0.717) is 11.5 Å². The monoisotopic (exact) mass is 296 g/mol. The molecule has 2 rings (SSSR count). The molecule has 0 atom stereocenters.